The van der Waals surface area contributed by atoms with Gasteiger partial charge in [0.25, 0.3) is 0 Å². The zero-order chi connectivity index (χ0) is 5.70. The van der Waals surface area contributed by atoms with E-state index in [0.29, 0.717) is 5.92 Å². The first-order valence-electron chi connectivity index (χ1n) is 2.50. The van der Waals surface area contributed by atoms with E-state index >= 15 is 0 Å². The normalized spacial score (nSPS) is 11.4. The van der Waals surface area contributed by atoms with Gasteiger partial charge in [0.1, 0.15) is 0 Å². The second-order valence-corrected chi connectivity index (χ2v) is 2.47. The van der Waals surface area contributed by atoms with Gasteiger partial charge in [0.05, 0.1) is 0 Å². The molecule has 0 amide bonds. The van der Waals surface area contributed by atoms with Crippen molar-refractivity contribution < 1.29 is 0 Å². The minimum atomic E-state index is 0.692. The predicted molar refractivity (Wildman–Crippen MR) is 37.8 cm³/mol. The molecule has 42 valence electrons. The molecular weight excluding hydrogens is 152 g/mol. The molecule has 0 fully saturated rings. The van der Waals surface area contributed by atoms with E-state index in [2.05, 4.69) is 41.9 Å². The molecule has 0 aromatic rings. The molecule has 0 unspecified atom stereocenters. The van der Waals surface area contributed by atoms with E-state index in [-0.39, 0.29) is 0 Å². The smallest absolute Gasteiger partial charge is 0.0212 e. The molecule has 1 heteroatoms. The molecule has 0 rings (SSSR count). The van der Waals surface area contributed by atoms with Crippen molar-refractivity contribution in [1.82, 2.24) is 0 Å². The number of allylic oxidation sites excluding steroid dienone is 2. The van der Waals surface area contributed by atoms with Crippen molar-refractivity contribution in [2.75, 3.05) is 5.33 Å². The Bertz CT molecular complexity index is 55.2. The molecule has 0 aromatic heterocycles. The van der Waals surface area contributed by atoms with Gasteiger partial charge in [-0.05, 0) is 5.92 Å². The molecule has 0 nitrogen and oxygen atoms in total. The Hall–Kier alpha value is 0.220. The van der Waals surface area contributed by atoms with E-state index in [0.717, 1.165) is 5.33 Å². The summed E-state index contributed by atoms with van der Waals surface area (Å²) in [5, 5.41) is 0.977. The SMILES string of the molecule is CC(C)/C=C\CBr. The van der Waals surface area contributed by atoms with Gasteiger partial charge in [-0.25, -0.2) is 0 Å². The van der Waals surface area contributed by atoms with Crippen molar-refractivity contribution >= 4 is 15.9 Å². The van der Waals surface area contributed by atoms with E-state index in [9.17, 15) is 0 Å². The third-order valence-corrected chi connectivity index (χ3v) is 0.984. The average Bonchev–Trinajstić information content (AvgIpc) is 1.61. The molecule has 0 heterocycles. The average molecular weight is 163 g/mol. The van der Waals surface area contributed by atoms with Gasteiger partial charge in [-0.15, -0.1) is 0 Å². The summed E-state index contributed by atoms with van der Waals surface area (Å²) in [6.07, 6.45) is 4.29. The van der Waals surface area contributed by atoms with Gasteiger partial charge in [0.2, 0.25) is 0 Å². The largest absolute Gasteiger partial charge is 0.0883 e. The van der Waals surface area contributed by atoms with Crippen LogP contribution >= 0.6 is 15.9 Å². The maximum atomic E-state index is 3.29. The van der Waals surface area contributed by atoms with E-state index < -0.39 is 0 Å². The highest BCUT2D eigenvalue weighted by molar-refractivity contribution is 9.09. The zero-order valence-electron chi connectivity index (χ0n) is 4.82. The fraction of sp³-hybridized carbons (Fsp3) is 0.667. The Morgan fingerprint density at radius 1 is 1.57 bits per heavy atom. The summed E-state index contributed by atoms with van der Waals surface area (Å²) in [4.78, 5) is 0. The van der Waals surface area contributed by atoms with Crippen LogP contribution in [0.2, 0.25) is 0 Å². The molecule has 0 aliphatic rings. The molecule has 0 atom stereocenters. The molecule has 0 aliphatic heterocycles. The number of halogens is 1. The van der Waals surface area contributed by atoms with E-state index in [4.69, 9.17) is 0 Å². The second kappa shape index (κ2) is 4.38. The van der Waals surface area contributed by atoms with E-state index in [1.807, 2.05) is 0 Å². The Morgan fingerprint density at radius 2 is 2.14 bits per heavy atom. The highest BCUT2D eigenvalue weighted by Crippen LogP contribution is 1.93. The third-order valence-electron chi connectivity index (χ3n) is 0.610. The van der Waals surface area contributed by atoms with Crippen LogP contribution in [-0.2, 0) is 0 Å². The lowest BCUT2D eigenvalue weighted by atomic mass is 10.2. The van der Waals surface area contributed by atoms with Crippen molar-refractivity contribution in [2.24, 2.45) is 5.92 Å². The van der Waals surface area contributed by atoms with Crippen LogP contribution in [0.15, 0.2) is 12.2 Å². The lowest BCUT2D eigenvalue weighted by Gasteiger charge is -1.88. The zero-order valence-corrected chi connectivity index (χ0v) is 6.40. The lowest BCUT2D eigenvalue weighted by molar-refractivity contribution is 0.830. The number of alkyl halides is 1. The molecule has 0 N–H and O–H groups in total. The first-order chi connectivity index (χ1) is 3.27. The minimum Gasteiger partial charge on any atom is -0.0883 e. The van der Waals surface area contributed by atoms with Crippen LogP contribution in [0.5, 0.6) is 0 Å². The van der Waals surface area contributed by atoms with Crippen molar-refractivity contribution in [2.45, 2.75) is 13.8 Å². The fourth-order valence-electron chi connectivity index (χ4n) is 0.324. The topological polar surface area (TPSA) is 0 Å². The maximum absolute atomic E-state index is 3.29. The van der Waals surface area contributed by atoms with Crippen LogP contribution in [0.3, 0.4) is 0 Å². The van der Waals surface area contributed by atoms with E-state index in [1.165, 1.54) is 0 Å². The molecule has 0 spiro atoms. The highest BCUT2D eigenvalue weighted by atomic mass is 79.9. The minimum absolute atomic E-state index is 0.692. The van der Waals surface area contributed by atoms with Crippen molar-refractivity contribution in [3.05, 3.63) is 12.2 Å². The van der Waals surface area contributed by atoms with E-state index in [1.54, 1.807) is 0 Å². The number of hydrogen-bond acceptors (Lipinski definition) is 0. The van der Waals surface area contributed by atoms with Gasteiger partial charge < -0.3 is 0 Å². The summed E-state index contributed by atoms with van der Waals surface area (Å²) >= 11 is 3.29. The third kappa shape index (κ3) is 6.22. The Balaban J connectivity index is 3.08. The summed E-state index contributed by atoms with van der Waals surface area (Å²) in [6, 6.07) is 0. The second-order valence-electron chi connectivity index (χ2n) is 1.83. The predicted octanol–water partition coefficient (Wildman–Crippen LogP) is 2.59. The number of hydrogen-bond donors (Lipinski definition) is 0. The van der Waals surface area contributed by atoms with Crippen molar-refractivity contribution in [3.8, 4) is 0 Å². The van der Waals surface area contributed by atoms with Crippen LogP contribution in [-0.4, -0.2) is 5.33 Å². The molecule has 0 saturated carbocycles. The van der Waals surface area contributed by atoms with Gasteiger partial charge in [0.15, 0.2) is 0 Å². The summed E-state index contributed by atoms with van der Waals surface area (Å²) in [5.74, 6) is 0.692. The van der Waals surface area contributed by atoms with Gasteiger partial charge in [-0.3, -0.25) is 0 Å². The van der Waals surface area contributed by atoms with Gasteiger partial charge in [-0.1, -0.05) is 41.9 Å². The van der Waals surface area contributed by atoms with Crippen LogP contribution in [0.25, 0.3) is 0 Å². The first-order valence-corrected chi connectivity index (χ1v) is 3.62. The quantitative estimate of drug-likeness (QED) is 0.433. The molecule has 0 aromatic carbocycles. The molecule has 0 aliphatic carbocycles. The van der Waals surface area contributed by atoms with Crippen LogP contribution < -0.4 is 0 Å². The number of rotatable bonds is 2. The van der Waals surface area contributed by atoms with Gasteiger partial charge >= 0.3 is 0 Å². The Morgan fingerprint density at radius 3 is 2.29 bits per heavy atom. The van der Waals surface area contributed by atoms with Crippen LogP contribution in [0, 0.1) is 5.92 Å². The van der Waals surface area contributed by atoms with Crippen LogP contribution in [0.1, 0.15) is 13.8 Å². The standard InChI is InChI=1S/C6H11Br/c1-6(2)4-3-5-7/h3-4,6H,5H2,1-2H3/b4-3-. The maximum Gasteiger partial charge on any atom is 0.0212 e. The van der Waals surface area contributed by atoms with Crippen molar-refractivity contribution in [1.29, 1.82) is 0 Å². The molecule has 0 radical (unpaired) electrons. The summed E-state index contributed by atoms with van der Waals surface area (Å²) < 4.78 is 0. The Labute approximate surface area is 53.7 Å². The fourth-order valence-corrected chi connectivity index (χ4v) is 0.539. The first kappa shape index (κ1) is 7.22. The van der Waals surface area contributed by atoms with Gasteiger partial charge in [0, 0.05) is 5.33 Å². The van der Waals surface area contributed by atoms with Crippen molar-refractivity contribution in [3.63, 3.8) is 0 Å². The summed E-state index contributed by atoms with van der Waals surface area (Å²) in [6.45, 7) is 4.33. The van der Waals surface area contributed by atoms with Crippen LogP contribution in [0.4, 0.5) is 0 Å². The Kier molecular flexibility index (Phi) is 4.52. The summed E-state index contributed by atoms with van der Waals surface area (Å²) in [7, 11) is 0. The molecule has 0 bridgehead atoms. The summed E-state index contributed by atoms with van der Waals surface area (Å²) in [5.41, 5.74) is 0. The molecule has 7 heavy (non-hydrogen) atoms. The monoisotopic (exact) mass is 162 g/mol. The molecular formula is C6H11Br. The molecule has 0 saturated heterocycles. The highest BCUT2D eigenvalue weighted by Gasteiger charge is 1.78. The van der Waals surface area contributed by atoms with Gasteiger partial charge in [-0.2, -0.15) is 0 Å². The lowest BCUT2D eigenvalue weighted by Crippen LogP contribution is -1.75.